The first-order valence-corrected chi connectivity index (χ1v) is 9.18. The maximum Gasteiger partial charge on any atom is 0.251 e. The highest BCUT2D eigenvalue weighted by atomic mass is 35.5. The summed E-state index contributed by atoms with van der Waals surface area (Å²) in [5.41, 5.74) is 1.37. The fourth-order valence-corrected chi connectivity index (χ4v) is 3.16. The lowest BCUT2D eigenvalue weighted by atomic mass is 10.1. The summed E-state index contributed by atoms with van der Waals surface area (Å²) in [5, 5.41) is 3.46. The number of benzene rings is 2. The smallest absolute Gasteiger partial charge is 0.251 e. The number of nitrogens with one attached hydrogen (secondary N) is 1. The Morgan fingerprint density at radius 1 is 1.12 bits per heavy atom. The summed E-state index contributed by atoms with van der Waals surface area (Å²) >= 11 is 5.83. The number of hydrogen-bond acceptors (Lipinski definition) is 3. The van der Waals surface area contributed by atoms with E-state index in [0.29, 0.717) is 23.6 Å². The predicted molar refractivity (Wildman–Crippen MR) is 94.8 cm³/mol. The van der Waals surface area contributed by atoms with Crippen LogP contribution < -0.4 is 5.32 Å². The highest BCUT2D eigenvalue weighted by Crippen LogP contribution is 2.15. The lowest BCUT2D eigenvalue weighted by Crippen LogP contribution is -2.26. The number of halogens is 1. The van der Waals surface area contributed by atoms with E-state index in [4.69, 9.17) is 11.6 Å². The Bertz CT molecular complexity index is 818. The third-order valence-corrected chi connectivity index (χ3v) is 5.55. The summed E-state index contributed by atoms with van der Waals surface area (Å²) in [4.78, 5) is 12.3. The van der Waals surface area contributed by atoms with E-state index in [1.807, 2.05) is 12.1 Å². The van der Waals surface area contributed by atoms with Crippen molar-refractivity contribution in [1.29, 1.82) is 0 Å². The molecule has 24 heavy (non-hydrogen) atoms. The summed E-state index contributed by atoms with van der Waals surface area (Å²) < 4.78 is 25.3. The summed E-state index contributed by atoms with van der Waals surface area (Å²) in [6.45, 7) is 0.450. The molecule has 1 amide bonds. The van der Waals surface area contributed by atoms with Crippen LogP contribution in [0.4, 0.5) is 0 Å². The van der Waals surface area contributed by atoms with Crippen LogP contribution in [0.1, 0.15) is 15.9 Å². The van der Waals surface area contributed by atoms with Gasteiger partial charge in [0.1, 0.15) is 0 Å². The molecule has 0 aliphatic heterocycles. The first-order valence-electron chi connectivity index (χ1n) is 7.36. The van der Waals surface area contributed by atoms with Crippen molar-refractivity contribution in [2.24, 2.45) is 0 Å². The van der Waals surface area contributed by atoms with Gasteiger partial charge in [0.05, 0.1) is 4.90 Å². The number of carbonyl (C=O) groups is 1. The molecule has 5 nitrogen and oxygen atoms in total. The second-order valence-corrected chi connectivity index (χ2v) is 8.04. The molecule has 7 heteroatoms. The molecule has 2 aromatic carbocycles. The third kappa shape index (κ3) is 4.56. The number of amides is 1. The summed E-state index contributed by atoms with van der Waals surface area (Å²) in [6, 6.07) is 13.4. The number of hydrogen-bond donors (Lipinski definition) is 1. The Hall–Kier alpha value is -1.89. The fraction of sp³-hybridized carbons (Fsp3) is 0.235. The van der Waals surface area contributed by atoms with Crippen molar-refractivity contribution in [3.05, 3.63) is 64.7 Å². The van der Waals surface area contributed by atoms with Crippen LogP contribution in [0, 0.1) is 0 Å². The number of sulfonamides is 1. The molecule has 2 aromatic rings. The van der Waals surface area contributed by atoms with E-state index in [0.717, 1.165) is 9.87 Å². The van der Waals surface area contributed by atoms with Crippen LogP contribution in [0.3, 0.4) is 0 Å². The first kappa shape index (κ1) is 18.4. The van der Waals surface area contributed by atoms with Crippen molar-refractivity contribution >= 4 is 27.5 Å². The van der Waals surface area contributed by atoms with Crippen LogP contribution in [0.25, 0.3) is 0 Å². The Balaban J connectivity index is 2.01. The molecule has 0 saturated carbocycles. The molecule has 2 rings (SSSR count). The number of carbonyl (C=O) groups excluding carboxylic acids is 1. The highest BCUT2D eigenvalue weighted by Gasteiger charge is 2.18. The molecule has 0 atom stereocenters. The van der Waals surface area contributed by atoms with Gasteiger partial charge in [-0.05, 0) is 42.3 Å². The van der Waals surface area contributed by atoms with Crippen LogP contribution in [-0.2, 0) is 16.4 Å². The Morgan fingerprint density at radius 3 is 2.42 bits per heavy atom. The SMILES string of the molecule is CN(C)S(=O)(=O)c1cccc(C(=O)NCCc2ccc(Cl)cc2)c1. The monoisotopic (exact) mass is 366 g/mol. The highest BCUT2D eigenvalue weighted by molar-refractivity contribution is 7.89. The molecule has 0 aromatic heterocycles. The topological polar surface area (TPSA) is 66.5 Å². The molecule has 0 fully saturated rings. The number of nitrogens with zero attached hydrogens (tertiary/aromatic N) is 1. The molecule has 128 valence electrons. The van der Waals surface area contributed by atoms with Crippen LogP contribution in [0.15, 0.2) is 53.4 Å². The molecular weight excluding hydrogens is 348 g/mol. The van der Waals surface area contributed by atoms with Gasteiger partial charge in [0.15, 0.2) is 0 Å². The van der Waals surface area contributed by atoms with Gasteiger partial charge < -0.3 is 5.32 Å². The minimum Gasteiger partial charge on any atom is -0.352 e. The van der Waals surface area contributed by atoms with Crippen molar-refractivity contribution < 1.29 is 13.2 Å². The first-order chi connectivity index (χ1) is 11.3. The van der Waals surface area contributed by atoms with Crippen LogP contribution >= 0.6 is 11.6 Å². The molecule has 0 saturated heterocycles. The van der Waals surface area contributed by atoms with E-state index >= 15 is 0 Å². The Labute approximate surface area is 147 Å². The van der Waals surface area contributed by atoms with Gasteiger partial charge in [0.2, 0.25) is 10.0 Å². The van der Waals surface area contributed by atoms with E-state index in [9.17, 15) is 13.2 Å². The van der Waals surface area contributed by atoms with Crippen molar-refractivity contribution in [2.45, 2.75) is 11.3 Å². The lowest BCUT2D eigenvalue weighted by Gasteiger charge is -2.12. The van der Waals surface area contributed by atoms with E-state index < -0.39 is 10.0 Å². The van der Waals surface area contributed by atoms with E-state index in [1.165, 1.54) is 26.2 Å². The average molecular weight is 367 g/mol. The molecule has 0 bridgehead atoms. The zero-order valence-corrected chi connectivity index (χ0v) is 15.1. The molecule has 0 spiro atoms. The molecule has 1 N–H and O–H groups in total. The third-order valence-electron chi connectivity index (χ3n) is 3.49. The quantitative estimate of drug-likeness (QED) is 0.854. The minimum absolute atomic E-state index is 0.0952. The lowest BCUT2D eigenvalue weighted by molar-refractivity contribution is 0.0954. The van der Waals surface area contributed by atoms with Crippen molar-refractivity contribution in [1.82, 2.24) is 9.62 Å². The normalized spacial score (nSPS) is 11.5. The molecule has 0 unspecified atom stereocenters. The summed E-state index contributed by atoms with van der Waals surface area (Å²) in [5.74, 6) is -0.306. The van der Waals surface area contributed by atoms with Gasteiger partial charge in [-0.2, -0.15) is 0 Å². The fourth-order valence-electron chi connectivity index (χ4n) is 2.08. The van der Waals surface area contributed by atoms with E-state index in [2.05, 4.69) is 5.32 Å². The van der Waals surface area contributed by atoms with Gasteiger partial charge in [-0.15, -0.1) is 0 Å². The van der Waals surface area contributed by atoms with Crippen LogP contribution in [-0.4, -0.2) is 39.3 Å². The molecule has 0 aliphatic rings. The van der Waals surface area contributed by atoms with Crippen LogP contribution in [0.5, 0.6) is 0 Å². The Kier molecular flexibility index (Phi) is 5.99. The van der Waals surface area contributed by atoms with Gasteiger partial charge in [0.25, 0.3) is 5.91 Å². The summed E-state index contributed by atoms with van der Waals surface area (Å²) in [6.07, 6.45) is 0.665. The zero-order valence-electron chi connectivity index (χ0n) is 13.5. The van der Waals surface area contributed by atoms with E-state index in [1.54, 1.807) is 24.3 Å². The summed E-state index contributed by atoms with van der Waals surface area (Å²) in [7, 11) is -0.655. The molecule has 0 aliphatic carbocycles. The maximum atomic E-state index is 12.2. The average Bonchev–Trinajstić information content (AvgIpc) is 2.56. The van der Waals surface area contributed by atoms with Gasteiger partial charge in [-0.3, -0.25) is 4.79 Å². The zero-order chi connectivity index (χ0) is 17.7. The minimum atomic E-state index is -3.56. The van der Waals surface area contributed by atoms with Gasteiger partial charge in [0, 0.05) is 31.2 Å². The Morgan fingerprint density at radius 2 is 1.79 bits per heavy atom. The van der Waals surface area contributed by atoms with Crippen LogP contribution in [0.2, 0.25) is 5.02 Å². The van der Waals surface area contributed by atoms with E-state index in [-0.39, 0.29) is 10.8 Å². The maximum absolute atomic E-state index is 12.2. The van der Waals surface area contributed by atoms with Crippen molar-refractivity contribution in [3.8, 4) is 0 Å². The second-order valence-electron chi connectivity index (χ2n) is 5.45. The molecular formula is C17H19ClN2O3S. The second kappa shape index (κ2) is 7.79. The van der Waals surface area contributed by atoms with Gasteiger partial charge >= 0.3 is 0 Å². The molecule has 0 radical (unpaired) electrons. The van der Waals surface area contributed by atoms with Gasteiger partial charge in [-0.1, -0.05) is 29.8 Å². The van der Waals surface area contributed by atoms with Gasteiger partial charge in [-0.25, -0.2) is 12.7 Å². The largest absolute Gasteiger partial charge is 0.352 e. The van der Waals surface area contributed by atoms with Crippen molar-refractivity contribution in [3.63, 3.8) is 0 Å². The van der Waals surface area contributed by atoms with Crippen molar-refractivity contribution in [2.75, 3.05) is 20.6 Å². The molecule has 0 heterocycles. The standard InChI is InChI=1S/C17H19ClN2O3S/c1-20(2)24(22,23)16-5-3-4-14(12-16)17(21)19-11-10-13-6-8-15(18)9-7-13/h3-9,12H,10-11H2,1-2H3,(H,19,21). The predicted octanol–water partition coefficient (Wildman–Crippen LogP) is 2.56. The number of rotatable bonds is 6.